The first-order chi connectivity index (χ1) is 12.5. The van der Waals surface area contributed by atoms with Crippen LogP contribution in [0.4, 0.5) is 0 Å². The van der Waals surface area contributed by atoms with Crippen molar-refractivity contribution in [1.29, 1.82) is 0 Å². The highest BCUT2D eigenvalue weighted by molar-refractivity contribution is 7.17. The predicted molar refractivity (Wildman–Crippen MR) is 99.9 cm³/mol. The summed E-state index contributed by atoms with van der Waals surface area (Å²) in [7, 11) is 0. The highest BCUT2D eigenvalue weighted by Gasteiger charge is 2.26. The van der Waals surface area contributed by atoms with Gasteiger partial charge in [-0.2, -0.15) is 0 Å². The molecule has 140 valence electrons. The molecule has 0 aliphatic carbocycles. The number of hydrogen-bond acceptors (Lipinski definition) is 7. The van der Waals surface area contributed by atoms with Crippen molar-refractivity contribution in [3.63, 3.8) is 0 Å². The van der Waals surface area contributed by atoms with Crippen LogP contribution in [0, 0.1) is 5.92 Å². The van der Waals surface area contributed by atoms with Crippen molar-refractivity contribution in [2.75, 3.05) is 6.61 Å². The molecule has 0 aliphatic heterocycles. The van der Waals surface area contributed by atoms with E-state index in [1.54, 1.807) is 25.4 Å². The number of nitrogens with one attached hydrogen (secondary N) is 1. The van der Waals surface area contributed by atoms with Crippen molar-refractivity contribution in [3.8, 4) is 10.8 Å². The van der Waals surface area contributed by atoms with Gasteiger partial charge in [0.15, 0.2) is 10.8 Å². The standard InChI is InChI=1S/C18H24N4O3S/c1-5-12-14(26-17(22-12)15-19-8-7-9-20-15)16(23)21-13(10-11(3)4)18(24)25-6-2/h7-9,11,13H,5-6,10H2,1-4H3,(H,21,23). The minimum Gasteiger partial charge on any atom is -0.464 e. The van der Waals surface area contributed by atoms with Crippen LogP contribution in [0.5, 0.6) is 0 Å². The molecule has 8 heteroatoms. The zero-order valence-electron chi connectivity index (χ0n) is 15.5. The second-order valence-electron chi connectivity index (χ2n) is 6.13. The molecular formula is C18H24N4O3S. The molecule has 0 saturated carbocycles. The highest BCUT2D eigenvalue weighted by atomic mass is 32.1. The maximum absolute atomic E-state index is 12.8. The van der Waals surface area contributed by atoms with Gasteiger partial charge in [-0.1, -0.05) is 20.8 Å². The second kappa shape index (κ2) is 9.38. The molecule has 1 unspecified atom stereocenters. The number of hydrogen-bond donors (Lipinski definition) is 1. The summed E-state index contributed by atoms with van der Waals surface area (Å²) in [5.74, 6) is -0.00979. The lowest BCUT2D eigenvalue weighted by molar-refractivity contribution is -0.145. The molecule has 0 aromatic carbocycles. The molecular weight excluding hydrogens is 352 g/mol. The molecule has 2 rings (SSSR count). The second-order valence-corrected chi connectivity index (χ2v) is 7.13. The SMILES string of the molecule is CCOC(=O)C(CC(C)C)NC(=O)c1sc(-c2ncccn2)nc1CC. The predicted octanol–water partition coefficient (Wildman–Crippen LogP) is 2.87. The van der Waals surface area contributed by atoms with Crippen molar-refractivity contribution in [2.24, 2.45) is 5.92 Å². The van der Waals surface area contributed by atoms with Crippen molar-refractivity contribution >= 4 is 23.2 Å². The molecule has 0 fully saturated rings. The van der Waals surface area contributed by atoms with Crippen molar-refractivity contribution in [3.05, 3.63) is 29.0 Å². The number of esters is 1. The monoisotopic (exact) mass is 376 g/mol. The fraction of sp³-hybridized carbons (Fsp3) is 0.500. The Balaban J connectivity index is 2.24. The van der Waals surface area contributed by atoms with E-state index in [0.717, 1.165) is 0 Å². The first kappa shape index (κ1) is 20.0. The van der Waals surface area contributed by atoms with E-state index in [1.807, 2.05) is 20.8 Å². The Bertz CT molecular complexity index is 746. The van der Waals surface area contributed by atoms with Crippen LogP contribution in [0.1, 0.15) is 49.5 Å². The van der Waals surface area contributed by atoms with Crippen LogP contribution in [-0.2, 0) is 16.0 Å². The Morgan fingerprint density at radius 1 is 1.23 bits per heavy atom. The Kier molecular flexibility index (Phi) is 7.20. The van der Waals surface area contributed by atoms with E-state index in [-0.39, 0.29) is 18.4 Å². The third-order valence-corrected chi connectivity index (χ3v) is 4.67. The zero-order chi connectivity index (χ0) is 19.1. The lowest BCUT2D eigenvalue weighted by Crippen LogP contribution is -2.42. The third-order valence-electron chi connectivity index (χ3n) is 3.58. The topological polar surface area (TPSA) is 94.1 Å². The van der Waals surface area contributed by atoms with E-state index in [0.29, 0.717) is 34.2 Å². The minimum atomic E-state index is -0.675. The Hall–Kier alpha value is -2.35. The number of thiazole rings is 1. The lowest BCUT2D eigenvalue weighted by atomic mass is 10.0. The van der Waals surface area contributed by atoms with E-state index in [4.69, 9.17) is 4.74 Å². The van der Waals surface area contributed by atoms with Gasteiger partial charge in [-0.3, -0.25) is 4.79 Å². The normalized spacial score (nSPS) is 12.0. The quantitative estimate of drug-likeness (QED) is 0.712. The summed E-state index contributed by atoms with van der Waals surface area (Å²) < 4.78 is 5.09. The number of rotatable bonds is 8. The largest absolute Gasteiger partial charge is 0.464 e. The fourth-order valence-electron chi connectivity index (χ4n) is 2.43. The van der Waals surface area contributed by atoms with Gasteiger partial charge >= 0.3 is 5.97 Å². The first-order valence-electron chi connectivity index (χ1n) is 8.70. The van der Waals surface area contributed by atoms with Gasteiger partial charge in [0.2, 0.25) is 0 Å². The summed E-state index contributed by atoms with van der Waals surface area (Å²) in [5, 5.41) is 3.39. The van der Waals surface area contributed by atoms with Gasteiger partial charge in [0, 0.05) is 12.4 Å². The van der Waals surface area contributed by atoms with Crippen molar-refractivity contribution in [2.45, 2.75) is 46.6 Å². The molecule has 0 saturated heterocycles. The molecule has 0 spiro atoms. The lowest BCUT2D eigenvalue weighted by Gasteiger charge is -2.18. The van der Waals surface area contributed by atoms with E-state index in [1.165, 1.54) is 11.3 Å². The molecule has 0 aliphatic rings. The highest BCUT2D eigenvalue weighted by Crippen LogP contribution is 2.26. The fourth-order valence-corrected chi connectivity index (χ4v) is 3.43. The summed E-state index contributed by atoms with van der Waals surface area (Å²) in [5.41, 5.74) is 0.669. The summed E-state index contributed by atoms with van der Waals surface area (Å²) >= 11 is 1.23. The van der Waals surface area contributed by atoms with Crippen molar-refractivity contribution in [1.82, 2.24) is 20.3 Å². The van der Waals surface area contributed by atoms with Crippen LogP contribution in [0.15, 0.2) is 18.5 Å². The van der Waals surface area contributed by atoms with Crippen molar-refractivity contribution < 1.29 is 14.3 Å². The summed E-state index contributed by atoms with van der Waals surface area (Å²) in [6, 6.07) is 1.05. The molecule has 0 radical (unpaired) electrons. The molecule has 7 nitrogen and oxygen atoms in total. The van der Waals surface area contributed by atoms with E-state index in [2.05, 4.69) is 20.3 Å². The Morgan fingerprint density at radius 3 is 2.50 bits per heavy atom. The van der Waals surface area contributed by atoms with E-state index >= 15 is 0 Å². The van der Waals surface area contributed by atoms with Crippen LogP contribution < -0.4 is 5.32 Å². The maximum atomic E-state index is 12.8. The molecule has 1 atom stereocenters. The van der Waals surface area contributed by atoms with E-state index < -0.39 is 12.0 Å². The summed E-state index contributed by atoms with van der Waals surface area (Å²) in [6.45, 7) is 7.94. The molecule has 1 N–H and O–H groups in total. The molecule has 2 aromatic heterocycles. The first-order valence-corrected chi connectivity index (χ1v) is 9.52. The zero-order valence-corrected chi connectivity index (χ0v) is 16.3. The molecule has 26 heavy (non-hydrogen) atoms. The van der Waals surface area contributed by atoms with Crippen LogP contribution in [0.2, 0.25) is 0 Å². The van der Waals surface area contributed by atoms with E-state index in [9.17, 15) is 9.59 Å². The number of carbonyl (C=O) groups excluding carboxylic acids is 2. The smallest absolute Gasteiger partial charge is 0.328 e. The summed E-state index contributed by atoms with van der Waals surface area (Å²) in [4.78, 5) is 38.3. The molecule has 2 heterocycles. The molecule has 2 aromatic rings. The van der Waals surface area contributed by atoms with Gasteiger partial charge in [-0.15, -0.1) is 11.3 Å². The Labute approximate surface area is 157 Å². The van der Waals surface area contributed by atoms with Gasteiger partial charge < -0.3 is 10.1 Å². The van der Waals surface area contributed by atoms with Gasteiger partial charge in [-0.05, 0) is 31.7 Å². The number of nitrogens with zero attached hydrogens (tertiary/aromatic N) is 3. The molecule has 0 bridgehead atoms. The summed E-state index contributed by atoms with van der Waals surface area (Å²) in [6.07, 6.45) is 4.38. The van der Waals surface area contributed by atoms with Crippen LogP contribution in [0.25, 0.3) is 10.8 Å². The van der Waals surface area contributed by atoms with Crippen LogP contribution >= 0.6 is 11.3 Å². The minimum absolute atomic E-state index is 0.241. The van der Waals surface area contributed by atoms with Gasteiger partial charge in [-0.25, -0.2) is 19.7 Å². The van der Waals surface area contributed by atoms with Crippen LogP contribution in [-0.4, -0.2) is 39.5 Å². The third kappa shape index (κ3) is 5.08. The average Bonchev–Trinajstić information content (AvgIpc) is 3.06. The average molecular weight is 376 g/mol. The molecule has 1 amide bonds. The number of ether oxygens (including phenoxy) is 1. The van der Waals surface area contributed by atoms with Gasteiger partial charge in [0.1, 0.15) is 10.9 Å². The van der Waals surface area contributed by atoms with Crippen LogP contribution in [0.3, 0.4) is 0 Å². The number of aryl methyl sites for hydroxylation is 1. The maximum Gasteiger partial charge on any atom is 0.328 e. The Morgan fingerprint density at radius 2 is 1.92 bits per heavy atom. The van der Waals surface area contributed by atoms with Gasteiger partial charge in [0.25, 0.3) is 5.91 Å². The number of carbonyl (C=O) groups is 2. The van der Waals surface area contributed by atoms with Gasteiger partial charge in [0.05, 0.1) is 12.3 Å². The number of aromatic nitrogens is 3. The number of amides is 1.